The molecular weight excluding hydrogens is 207 g/mol. The first-order chi connectivity index (χ1) is 5.40. The van der Waals surface area contributed by atoms with E-state index in [2.05, 4.69) is 4.90 Å². The quantitative estimate of drug-likeness (QED) is 0.775. The zero-order chi connectivity index (χ0) is 7.68. The maximum absolute atomic E-state index is 5.52. The number of fused-ring (bicyclic) bond motifs is 1. The summed E-state index contributed by atoms with van der Waals surface area (Å²) in [5.74, 6) is 2.06. The highest BCUT2D eigenvalue weighted by Crippen LogP contribution is 2.37. The average molecular weight is 227 g/mol. The van der Waals surface area contributed by atoms with Crippen LogP contribution in [0.2, 0.25) is 0 Å². The van der Waals surface area contributed by atoms with E-state index >= 15 is 0 Å². The third-order valence-corrected chi connectivity index (χ3v) is 3.25. The summed E-state index contributed by atoms with van der Waals surface area (Å²) in [7, 11) is 0. The second kappa shape index (κ2) is 6.07. The van der Waals surface area contributed by atoms with Gasteiger partial charge in [-0.3, -0.25) is 0 Å². The van der Waals surface area contributed by atoms with E-state index < -0.39 is 0 Å². The summed E-state index contributed by atoms with van der Waals surface area (Å²) in [6, 6.07) is 0. The molecule has 1 saturated carbocycles. The summed E-state index contributed by atoms with van der Waals surface area (Å²) in [5, 5.41) is 0. The molecule has 1 heterocycles. The third kappa shape index (κ3) is 2.98. The fraction of sp³-hybridized carbons (Fsp3) is 1.00. The van der Waals surface area contributed by atoms with Crippen LogP contribution in [0, 0.1) is 11.8 Å². The van der Waals surface area contributed by atoms with Gasteiger partial charge in [0, 0.05) is 26.2 Å². The molecule has 13 heavy (non-hydrogen) atoms. The van der Waals surface area contributed by atoms with Gasteiger partial charge in [-0.15, -0.1) is 24.8 Å². The molecule has 0 bridgehead atoms. The number of hydrogen-bond acceptors (Lipinski definition) is 2. The Morgan fingerprint density at radius 3 is 2.08 bits per heavy atom. The summed E-state index contributed by atoms with van der Waals surface area (Å²) in [6.07, 6.45) is 4.43. The van der Waals surface area contributed by atoms with Crippen molar-refractivity contribution in [3.8, 4) is 0 Å². The summed E-state index contributed by atoms with van der Waals surface area (Å²) in [6.45, 7) is 4.62. The van der Waals surface area contributed by atoms with E-state index in [4.69, 9.17) is 5.73 Å². The van der Waals surface area contributed by atoms with E-state index in [1.807, 2.05) is 0 Å². The van der Waals surface area contributed by atoms with Gasteiger partial charge in [-0.1, -0.05) is 6.42 Å². The molecule has 2 nitrogen and oxygen atoms in total. The van der Waals surface area contributed by atoms with Crippen molar-refractivity contribution in [1.29, 1.82) is 0 Å². The van der Waals surface area contributed by atoms with Gasteiger partial charge in [0.05, 0.1) is 0 Å². The minimum Gasteiger partial charge on any atom is -0.329 e. The van der Waals surface area contributed by atoms with E-state index in [1.165, 1.54) is 32.4 Å². The van der Waals surface area contributed by atoms with Gasteiger partial charge in [0.25, 0.3) is 0 Å². The molecule has 0 aromatic rings. The van der Waals surface area contributed by atoms with Crippen molar-refractivity contribution in [2.24, 2.45) is 17.6 Å². The topological polar surface area (TPSA) is 29.3 Å². The lowest BCUT2D eigenvalue weighted by atomic mass is 10.0. The molecule has 0 aromatic carbocycles. The Bertz CT molecular complexity index is 132. The highest BCUT2D eigenvalue weighted by molar-refractivity contribution is 5.85. The Balaban J connectivity index is 0.000000720. The molecule has 0 radical (unpaired) electrons. The standard InChI is InChI=1S/C9H18N2.2ClH/c10-4-5-11-6-8-2-1-3-9(8)7-11;;/h8-9H,1-7,10H2;2*1H. The van der Waals surface area contributed by atoms with Gasteiger partial charge in [-0.05, 0) is 24.7 Å². The highest BCUT2D eigenvalue weighted by Gasteiger charge is 2.35. The Kier molecular flexibility index (Phi) is 6.31. The number of hydrogen-bond donors (Lipinski definition) is 1. The monoisotopic (exact) mass is 226 g/mol. The maximum Gasteiger partial charge on any atom is 0.0105 e. The smallest absolute Gasteiger partial charge is 0.0105 e. The Labute approximate surface area is 93.1 Å². The van der Waals surface area contributed by atoms with Crippen LogP contribution < -0.4 is 5.73 Å². The van der Waals surface area contributed by atoms with Crippen LogP contribution in [0.4, 0.5) is 0 Å². The molecule has 1 aliphatic heterocycles. The van der Waals surface area contributed by atoms with E-state index in [0.29, 0.717) is 0 Å². The molecule has 0 aromatic heterocycles. The van der Waals surface area contributed by atoms with Crippen LogP contribution in [0.1, 0.15) is 19.3 Å². The summed E-state index contributed by atoms with van der Waals surface area (Å²) in [4.78, 5) is 2.54. The van der Waals surface area contributed by atoms with Crippen molar-refractivity contribution in [2.45, 2.75) is 19.3 Å². The van der Waals surface area contributed by atoms with Crippen LogP contribution in [-0.4, -0.2) is 31.1 Å². The van der Waals surface area contributed by atoms with Crippen molar-refractivity contribution in [1.82, 2.24) is 4.90 Å². The molecule has 1 aliphatic carbocycles. The molecule has 2 N–H and O–H groups in total. The number of likely N-dealkylation sites (tertiary alicyclic amines) is 1. The van der Waals surface area contributed by atoms with Gasteiger partial charge >= 0.3 is 0 Å². The zero-order valence-corrected chi connectivity index (χ0v) is 9.58. The molecule has 2 unspecified atom stereocenters. The molecule has 2 atom stereocenters. The molecule has 2 aliphatic rings. The Morgan fingerprint density at radius 2 is 1.62 bits per heavy atom. The number of nitrogens with zero attached hydrogens (tertiary/aromatic N) is 1. The van der Waals surface area contributed by atoms with Crippen molar-refractivity contribution >= 4 is 24.8 Å². The van der Waals surface area contributed by atoms with Crippen LogP contribution in [-0.2, 0) is 0 Å². The van der Waals surface area contributed by atoms with Crippen LogP contribution in [0.3, 0.4) is 0 Å². The van der Waals surface area contributed by atoms with Crippen molar-refractivity contribution < 1.29 is 0 Å². The van der Waals surface area contributed by atoms with Crippen LogP contribution in [0.15, 0.2) is 0 Å². The van der Waals surface area contributed by atoms with Crippen LogP contribution in [0.25, 0.3) is 0 Å². The molecule has 4 heteroatoms. The van der Waals surface area contributed by atoms with E-state index in [-0.39, 0.29) is 24.8 Å². The number of rotatable bonds is 2. The lowest BCUT2D eigenvalue weighted by Gasteiger charge is -2.14. The minimum atomic E-state index is 0. The van der Waals surface area contributed by atoms with Crippen molar-refractivity contribution in [3.63, 3.8) is 0 Å². The first-order valence-corrected chi connectivity index (χ1v) is 4.82. The first kappa shape index (κ1) is 13.5. The van der Waals surface area contributed by atoms with E-state index in [0.717, 1.165) is 24.9 Å². The molecule has 80 valence electrons. The van der Waals surface area contributed by atoms with Crippen LogP contribution >= 0.6 is 24.8 Å². The molecule has 0 spiro atoms. The van der Waals surface area contributed by atoms with E-state index in [9.17, 15) is 0 Å². The lowest BCUT2D eigenvalue weighted by molar-refractivity contribution is 0.320. The first-order valence-electron chi connectivity index (χ1n) is 4.82. The van der Waals surface area contributed by atoms with Gasteiger partial charge in [0.1, 0.15) is 0 Å². The van der Waals surface area contributed by atoms with Gasteiger partial charge in [-0.2, -0.15) is 0 Å². The van der Waals surface area contributed by atoms with Gasteiger partial charge < -0.3 is 10.6 Å². The van der Waals surface area contributed by atoms with Gasteiger partial charge in [0.2, 0.25) is 0 Å². The third-order valence-electron chi connectivity index (χ3n) is 3.25. The fourth-order valence-electron chi connectivity index (χ4n) is 2.70. The fourth-order valence-corrected chi connectivity index (χ4v) is 2.70. The molecule has 0 amide bonds. The maximum atomic E-state index is 5.52. The highest BCUT2D eigenvalue weighted by atomic mass is 35.5. The predicted octanol–water partition coefficient (Wildman–Crippen LogP) is 1.52. The second-order valence-corrected chi connectivity index (χ2v) is 4.00. The number of halogens is 2. The zero-order valence-electron chi connectivity index (χ0n) is 7.95. The van der Waals surface area contributed by atoms with Crippen molar-refractivity contribution in [3.05, 3.63) is 0 Å². The largest absolute Gasteiger partial charge is 0.329 e. The predicted molar refractivity (Wildman–Crippen MR) is 60.8 cm³/mol. The number of nitrogens with two attached hydrogens (primary N) is 1. The molecular formula is C9H20Cl2N2. The Hall–Kier alpha value is 0.500. The molecule has 2 fully saturated rings. The average Bonchev–Trinajstić information content (AvgIpc) is 2.46. The lowest BCUT2D eigenvalue weighted by Crippen LogP contribution is -2.27. The summed E-state index contributed by atoms with van der Waals surface area (Å²) >= 11 is 0. The SMILES string of the molecule is Cl.Cl.NCCN1CC2CCCC2C1. The van der Waals surface area contributed by atoms with Gasteiger partial charge in [0.15, 0.2) is 0 Å². The Morgan fingerprint density at radius 1 is 1.08 bits per heavy atom. The minimum absolute atomic E-state index is 0. The van der Waals surface area contributed by atoms with Crippen LogP contribution in [0.5, 0.6) is 0 Å². The summed E-state index contributed by atoms with van der Waals surface area (Å²) < 4.78 is 0. The van der Waals surface area contributed by atoms with E-state index in [1.54, 1.807) is 0 Å². The van der Waals surface area contributed by atoms with Crippen molar-refractivity contribution in [2.75, 3.05) is 26.2 Å². The molecule has 1 saturated heterocycles. The second-order valence-electron chi connectivity index (χ2n) is 4.00. The summed E-state index contributed by atoms with van der Waals surface area (Å²) in [5.41, 5.74) is 5.52. The molecule has 2 rings (SSSR count). The van der Waals surface area contributed by atoms with Gasteiger partial charge in [-0.25, -0.2) is 0 Å². The normalized spacial score (nSPS) is 32.1.